The number of thiophene rings is 1. The predicted octanol–water partition coefficient (Wildman–Crippen LogP) is 5.57. The Bertz CT molecular complexity index is 494. The van der Waals surface area contributed by atoms with Crippen LogP contribution in [0.2, 0.25) is 0 Å². The molecule has 1 atom stereocenters. The Morgan fingerprint density at radius 2 is 1.83 bits per heavy atom. The van der Waals surface area contributed by atoms with E-state index in [0.717, 1.165) is 6.42 Å². The summed E-state index contributed by atoms with van der Waals surface area (Å²) in [5, 5.41) is 2.16. The fourth-order valence-electron chi connectivity index (χ4n) is 2.17. The van der Waals surface area contributed by atoms with E-state index in [9.17, 15) is 0 Å². The smallest absolute Gasteiger partial charge is 0.0636 e. The zero-order valence-corrected chi connectivity index (χ0v) is 12.7. The Hall–Kier alpha value is -0.790. The van der Waals surface area contributed by atoms with E-state index in [1.54, 1.807) is 11.3 Å². The van der Waals surface area contributed by atoms with E-state index in [1.807, 2.05) is 0 Å². The van der Waals surface area contributed by atoms with Crippen LogP contribution in [0.4, 0.5) is 0 Å². The SMILES string of the molecule is CC(C)(C)c1ccccc1C(Cl)Cc1cccs1. The summed E-state index contributed by atoms with van der Waals surface area (Å²) in [6.45, 7) is 6.71. The maximum atomic E-state index is 6.62. The molecule has 2 heteroatoms. The molecular formula is C16H19ClS. The van der Waals surface area contributed by atoms with Gasteiger partial charge in [-0.2, -0.15) is 0 Å². The summed E-state index contributed by atoms with van der Waals surface area (Å²) in [5.74, 6) is 0. The molecule has 0 aliphatic rings. The molecule has 0 N–H and O–H groups in total. The van der Waals surface area contributed by atoms with Crippen LogP contribution >= 0.6 is 22.9 Å². The molecule has 0 saturated heterocycles. The van der Waals surface area contributed by atoms with Crippen molar-refractivity contribution in [2.75, 3.05) is 0 Å². The molecule has 0 fully saturated rings. The third-order valence-corrected chi connectivity index (χ3v) is 4.35. The lowest BCUT2D eigenvalue weighted by Crippen LogP contribution is -2.15. The predicted molar refractivity (Wildman–Crippen MR) is 81.8 cm³/mol. The van der Waals surface area contributed by atoms with Gasteiger partial charge in [0.2, 0.25) is 0 Å². The lowest BCUT2D eigenvalue weighted by atomic mass is 9.82. The van der Waals surface area contributed by atoms with Crippen LogP contribution in [0, 0.1) is 0 Å². The molecule has 0 radical (unpaired) electrons. The maximum absolute atomic E-state index is 6.62. The molecule has 0 aliphatic carbocycles. The Labute approximate surface area is 119 Å². The van der Waals surface area contributed by atoms with Gasteiger partial charge in [-0.15, -0.1) is 22.9 Å². The van der Waals surface area contributed by atoms with Crippen LogP contribution < -0.4 is 0 Å². The molecule has 2 rings (SSSR count). The molecule has 1 heterocycles. The van der Waals surface area contributed by atoms with Crippen molar-refractivity contribution in [3.63, 3.8) is 0 Å². The van der Waals surface area contributed by atoms with Crippen LogP contribution in [-0.2, 0) is 11.8 Å². The van der Waals surface area contributed by atoms with Crippen LogP contribution in [-0.4, -0.2) is 0 Å². The van der Waals surface area contributed by atoms with Gasteiger partial charge in [0, 0.05) is 11.3 Å². The van der Waals surface area contributed by atoms with Crippen molar-refractivity contribution in [1.82, 2.24) is 0 Å². The van der Waals surface area contributed by atoms with E-state index in [0.29, 0.717) is 0 Å². The molecular weight excluding hydrogens is 260 g/mol. The number of halogens is 1. The molecule has 0 saturated carbocycles. The minimum atomic E-state index is 0.0547. The Balaban J connectivity index is 2.27. The number of benzene rings is 1. The summed E-state index contributed by atoms with van der Waals surface area (Å²) >= 11 is 8.39. The first-order valence-corrected chi connectivity index (χ1v) is 7.56. The number of hydrogen-bond donors (Lipinski definition) is 0. The van der Waals surface area contributed by atoms with Crippen LogP contribution in [0.5, 0.6) is 0 Å². The average Bonchev–Trinajstić information content (AvgIpc) is 2.80. The van der Waals surface area contributed by atoms with E-state index in [4.69, 9.17) is 11.6 Å². The summed E-state index contributed by atoms with van der Waals surface area (Å²) < 4.78 is 0. The zero-order chi connectivity index (χ0) is 13.2. The topological polar surface area (TPSA) is 0 Å². The number of hydrogen-bond acceptors (Lipinski definition) is 1. The van der Waals surface area contributed by atoms with Crippen molar-refractivity contribution >= 4 is 22.9 Å². The van der Waals surface area contributed by atoms with Crippen molar-refractivity contribution in [2.45, 2.75) is 38.0 Å². The first kappa shape index (κ1) is 13.6. The van der Waals surface area contributed by atoms with Gasteiger partial charge in [-0.25, -0.2) is 0 Å². The molecule has 96 valence electrons. The molecule has 2 aromatic rings. The van der Waals surface area contributed by atoms with Crippen LogP contribution in [0.3, 0.4) is 0 Å². The standard InChI is InChI=1S/C16H19ClS/c1-16(2,3)14-9-5-4-8-13(14)15(17)11-12-7-6-10-18-12/h4-10,15H,11H2,1-3H3. The quantitative estimate of drug-likeness (QED) is 0.644. The number of rotatable bonds is 3. The monoisotopic (exact) mass is 278 g/mol. The summed E-state index contributed by atoms with van der Waals surface area (Å²) in [6.07, 6.45) is 0.909. The minimum Gasteiger partial charge on any atom is -0.149 e. The fraction of sp³-hybridized carbons (Fsp3) is 0.375. The molecule has 18 heavy (non-hydrogen) atoms. The van der Waals surface area contributed by atoms with Gasteiger partial charge in [-0.3, -0.25) is 0 Å². The van der Waals surface area contributed by atoms with Crippen LogP contribution in [0.15, 0.2) is 41.8 Å². The van der Waals surface area contributed by atoms with Crippen molar-refractivity contribution < 1.29 is 0 Å². The molecule has 1 aromatic carbocycles. The third-order valence-electron chi connectivity index (χ3n) is 3.07. The first-order valence-electron chi connectivity index (χ1n) is 6.24. The largest absolute Gasteiger partial charge is 0.149 e. The molecule has 1 aromatic heterocycles. The first-order chi connectivity index (χ1) is 8.48. The van der Waals surface area contributed by atoms with E-state index in [-0.39, 0.29) is 10.8 Å². The summed E-state index contributed by atoms with van der Waals surface area (Å²) in [7, 11) is 0. The highest BCUT2D eigenvalue weighted by molar-refractivity contribution is 7.09. The van der Waals surface area contributed by atoms with Gasteiger partial charge in [0.05, 0.1) is 5.38 Å². The lowest BCUT2D eigenvalue weighted by Gasteiger charge is -2.25. The highest BCUT2D eigenvalue weighted by Crippen LogP contribution is 2.34. The molecule has 1 unspecified atom stereocenters. The molecule has 0 aliphatic heterocycles. The third kappa shape index (κ3) is 3.15. The van der Waals surface area contributed by atoms with Crippen LogP contribution in [0.25, 0.3) is 0 Å². The second kappa shape index (κ2) is 5.46. The second-order valence-electron chi connectivity index (χ2n) is 5.59. The van der Waals surface area contributed by atoms with Crippen molar-refractivity contribution in [2.24, 2.45) is 0 Å². The summed E-state index contributed by atoms with van der Waals surface area (Å²) in [5.41, 5.74) is 2.75. The van der Waals surface area contributed by atoms with Crippen molar-refractivity contribution in [3.05, 3.63) is 57.8 Å². The highest BCUT2D eigenvalue weighted by atomic mass is 35.5. The summed E-state index contributed by atoms with van der Waals surface area (Å²) in [6, 6.07) is 12.8. The van der Waals surface area contributed by atoms with Gasteiger partial charge in [0.15, 0.2) is 0 Å². The van der Waals surface area contributed by atoms with Gasteiger partial charge in [0.1, 0.15) is 0 Å². The molecule has 0 amide bonds. The molecule has 0 nitrogen and oxygen atoms in total. The van der Waals surface area contributed by atoms with Crippen molar-refractivity contribution in [3.8, 4) is 0 Å². The van der Waals surface area contributed by atoms with E-state index >= 15 is 0 Å². The average molecular weight is 279 g/mol. The van der Waals surface area contributed by atoms with E-state index in [2.05, 4.69) is 62.5 Å². The van der Waals surface area contributed by atoms with E-state index in [1.165, 1.54) is 16.0 Å². The minimum absolute atomic E-state index is 0.0547. The zero-order valence-electron chi connectivity index (χ0n) is 11.1. The maximum Gasteiger partial charge on any atom is 0.0636 e. The lowest BCUT2D eigenvalue weighted by molar-refractivity contribution is 0.581. The van der Waals surface area contributed by atoms with Gasteiger partial charge in [-0.1, -0.05) is 51.1 Å². The fourth-order valence-corrected chi connectivity index (χ4v) is 3.37. The van der Waals surface area contributed by atoms with Gasteiger partial charge < -0.3 is 0 Å². The Morgan fingerprint density at radius 3 is 2.44 bits per heavy atom. The highest BCUT2D eigenvalue weighted by Gasteiger charge is 2.21. The Morgan fingerprint density at radius 1 is 1.11 bits per heavy atom. The Kier molecular flexibility index (Phi) is 4.14. The summed E-state index contributed by atoms with van der Waals surface area (Å²) in [4.78, 5) is 1.35. The van der Waals surface area contributed by atoms with Gasteiger partial charge in [-0.05, 0) is 28.0 Å². The number of alkyl halides is 1. The molecule has 0 spiro atoms. The van der Waals surface area contributed by atoms with Crippen LogP contribution in [0.1, 0.15) is 42.2 Å². The van der Waals surface area contributed by atoms with E-state index < -0.39 is 0 Å². The molecule has 0 bridgehead atoms. The second-order valence-corrected chi connectivity index (χ2v) is 7.15. The van der Waals surface area contributed by atoms with Gasteiger partial charge >= 0.3 is 0 Å². The van der Waals surface area contributed by atoms with Gasteiger partial charge in [0.25, 0.3) is 0 Å². The van der Waals surface area contributed by atoms with Crippen molar-refractivity contribution in [1.29, 1.82) is 0 Å². The normalized spacial score (nSPS) is 13.6.